The number of aromatic nitrogens is 1. The highest BCUT2D eigenvalue weighted by atomic mass is 79.9. The highest BCUT2D eigenvalue weighted by Crippen LogP contribution is 2.26. The first-order chi connectivity index (χ1) is 9.20. The summed E-state index contributed by atoms with van der Waals surface area (Å²) in [6.45, 7) is 1.00. The molecule has 1 aromatic carbocycles. The Bertz CT molecular complexity index is 531. The Morgan fingerprint density at radius 3 is 2.53 bits per heavy atom. The molecule has 0 fully saturated rings. The molecular weight excluding hydrogens is 304 g/mol. The van der Waals surface area contributed by atoms with Crippen molar-refractivity contribution < 1.29 is 5.11 Å². The fourth-order valence-electron chi connectivity index (χ4n) is 1.93. The smallest absolute Gasteiger partial charge is 0.0682 e. The molecule has 100 valence electrons. The highest BCUT2D eigenvalue weighted by Gasteiger charge is 2.06. The minimum absolute atomic E-state index is 0.0691. The summed E-state index contributed by atoms with van der Waals surface area (Å²) in [4.78, 5) is 6.22. The number of rotatable bonds is 5. The number of nitrogens with zero attached hydrogens (tertiary/aromatic N) is 2. The van der Waals surface area contributed by atoms with Crippen molar-refractivity contribution in [3.63, 3.8) is 0 Å². The largest absolute Gasteiger partial charge is 0.392 e. The predicted octanol–water partition coefficient (Wildman–Crippen LogP) is 3.02. The van der Waals surface area contributed by atoms with Gasteiger partial charge >= 0.3 is 0 Å². The molecule has 0 atom stereocenters. The Morgan fingerprint density at radius 1 is 1.16 bits per heavy atom. The average Bonchev–Trinajstić information content (AvgIpc) is 2.45. The van der Waals surface area contributed by atoms with Crippen molar-refractivity contribution in [2.75, 3.05) is 18.5 Å². The van der Waals surface area contributed by atoms with Crippen LogP contribution in [0.2, 0.25) is 0 Å². The lowest BCUT2D eigenvalue weighted by Crippen LogP contribution is -2.20. The van der Waals surface area contributed by atoms with Crippen LogP contribution in [0, 0.1) is 0 Å². The Labute approximate surface area is 122 Å². The summed E-state index contributed by atoms with van der Waals surface area (Å²) in [6.07, 6.45) is 4.62. The maximum atomic E-state index is 9.10. The van der Waals surface area contributed by atoms with Gasteiger partial charge in [0, 0.05) is 30.5 Å². The molecule has 0 unspecified atom stereocenters. The van der Waals surface area contributed by atoms with E-state index in [9.17, 15) is 0 Å². The topological polar surface area (TPSA) is 36.4 Å². The van der Waals surface area contributed by atoms with Crippen LogP contribution in [-0.4, -0.2) is 23.7 Å². The van der Waals surface area contributed by atoms with Gasteiger partial charge in [-0.2, -0.15) is 0 Å². The first-order valence-electron chi connectivity index (χ1n) is 6.20. The highest BCUT2D eigenvalue weighted by molar-refractivity contribution is 9.10. The standard InChI is InChI=1S/C15H17BrN2O/c1-18(9-6-12-4-7-17-8-5-12)15-3-2-13(11-19)10-14(15)16/h2-5,7-8,10,19H,6,9,11H2,1H3. The summed E-state index contributed by atoms with van der Waals surface area (Å²) < 4.78 is 1.01. The van der Waals surface area contributed by atoms with Crippen LogP contribution in [0.1, 0.15) is 11.1 Å². The Hall–Kier alpha value is -1.39. The second kappa shape index (κ2) is 6.68. The van der Waals surface area contributed by atoms with Crippen LogP contribution in [0.4, 0.5) is 5.69 Å². The summed E-state index contributed by atoms with van der Waals surface area (Å²) in [5.74, 6) is 0. The van der Waals surface area contributed by atoms with E-state index >= 15 is 0 Å². The van der Waals surface area contributed by atoms with Gasteiger partial charge in [-0.05, 0) is 57.7 Å². The number of hydrogen-bond acceptors (Lipinski definition) is 3. The van der Waals surface area contributed by atoms with Gasteiger partial charge < -0.3 is 10.0 Å². The van der Waals surface area contributed by atoms with Crippen LogP contribution in [0.5, 0.6) is 0 Å². The predicted molar refractivity (Wildman–Crippen MR) is 81.3 cm³/mol. The number of aliphatic hydroxyl groups excluding tert-OH is 1. The van der Waals surface area contributed by atoms with Crippen LogP contribution < -0.4 is 4.90 Å². The molecule has 0 amide bonds. The van der Waals surface area contributed by atoms with Gasteiger partial charge in [-0.25, -0.2) is 0 Å². The van der Waals surface area contributed by atoms with Crippen LogP contribution in [0.25, 0.3) is 0 Å². The molecule has 2 rings (SSSR count). The molecule has 4 heteroatoms. The fraction of sp³-hybridized carbons (Fsp3) is 0.267. The third-order valence-electron chi connectivity index (χ3n) is 3.09. The van der Waals surface area contributed by atoms with Crippen molar-refractivity contribution in [3.8, 4) is 0 Å². The number of anilines is 1. The molecule has 1 heterocycles. The lowest BCUT2D eigenvalue weighted by atomic mass is 10.1. The first-order valence-corrected chi connectivity index (χ1v) is 6.99. The third kappa shape index (κ3) is 3.78. The number of aliphatic hydroxyl groups is 1. The lowest BCUT2D eigenvalue weighted by molar-refractivity contribution is 0.282. The molecule has 19 heavy (non-hydrogen) atoms. The van der Waals surface area contributed by atoms with E-state index in [0.29, 0.717) is 0 Å². The summed E-state index contributed by atoms with van der Waals surface area (Å²) in [5, 5.41) is 9.10. The molecule has 1 N–H and O–H groups in total. The summed E-state index contributed by atoms with van der Waals surface area (Å²) >= 11 is 3.55. The van der Waals surface area contributed by atoms with E-state index in [-0.39, 0.29) is 6.61 Å². The molecule has 0 aliphatic rings. The molecule has 0 aliphatic heterocycles. The Kier molecular flexibility index (Phi) is 4.93. The van der Waals surface area contributed by atoms with E-state index in [1.54, 1.807) is 0 Å². The second-order valence-electron chi connectivity index (χ2n) is 4.47. The monoisotopic (exact) mass is 320 g/mol. The molecule has 0 saturated carbocycles. The summed E-state index contributed by atoms with van der Waals surface area (Å²) in [7, 11) is 2.07. The van der Waals surface area contributed by atoms with Crippen LogP contribution in [-0.2, 0) is 13.0 Å². The zero-order valence-corrected chi connectivity index (χ0v) is 12.5. The van der Waals surface area contributed by atoms with Gasteiger partial charge in [0.2, 0.25) is 0 Å². The van der Waals surface area contributed by atoms with Crippen molar-refractivity contribution in [2.24, 2.45) is 0 Å². The number of benzene rings is 1. The zero-order valence-electron chi connectivity index (χ0n) is 10.9. The van der Waals surface area contributed by atoms with Gasteiger partial charge in [-0.1, -0.05) is 6.07 Å². The molecule has 0 aliphatic carbocycles. The van der Waals surface area contributed by atoms with E-state index < -0.39 is 0 Å². The third-order valence-corrected chi connectivity index (χ3v) is 3.73. The van der Waals surface area contributed by atoms with Crippen molar-refractivity contribution in [3.05, 3.63) is 58.3 Å². The van der Waals surface area contributed by atoms with Crippen molar-refractivity contribution in [1.82, 2.24) is 4.98 Å². The minimum atomic E-state index is 0.0691. The fourth-order valence-corrected chi connectivity index (χ4v) is 2.65. The second-order valence-corrected chi connectivity index (χ2v) is 5.33. The first kappa shape index (κ1) is 14.0. The zero-order chi connectivity index (χ0) is 13.7. The van der Waals surface area contributed by atoms with E-state index in [4.69, 9.17) is 5.11 Å². The lowest BCUT2D eigenvalue weighted by Gasteiger charge is -2.21. The van der Waals surface area contributed by atoms with E-state index in [2.05, 4.69) is 32.9 Å². The molecular formula is C15H17BrN2O. The van der Waals surface area contributed by atoms with Gasteiger partial charge in [0.05, 0.1) is 12.3 Å². The van der Waals surface area contributed by atoms with Gasteiger partial charge in [-0.15, -0.1) is 0 Å². The van der Waals surface area contributed by atoms with Gasteiger partial charge in [0.15, 0.2) is 0 Å². The number of pyridine rings is 1. The SMILES string of the molecule is CN(CCc1ccncc1)c1ccc(CO)cc1Br. The average molecular weight is 321 g/mol. The number of likely N-dealkylation sites (N-methyl/N-ethyl adjacent to an activating group) is 1. The summed E-state index contributed by atoms with van der Waals surface area (Å²) in [5.41, 5.74) is 3.33. The van der Waals surface area contributed by atoms with Crippen LogP contribution >= 0.6 is 15.9 Å². The van der Waals surface area contributed by atoms with E-state index in [0.717, 1.165) is 28.7 Å². The number of halogens is 1. The molecule has 0 spiro atoms. The van der Waals surface area contributed by atoms with Gasteiger partial charge in [0.1, 0.15) is 0 Å². The molecule has 0 radical (unpaired) electrons. The van der Waals surface area contributed by atoms with Crippen molar-refractivity contribution >= 4 is 21.6 Å². The molecule has 0 saturated heterocycles. The quantitative estimate of drug-likeness (QED) is 0.920. The summed E-state index contributed by atoms with van der Waals surface area (Å²) in [6, 6.07) is 10.0. The Morgan fingerprint density at radius 2 is 1.89 bits per heavy atom. The van der Waals surface area contributed by atoms with Gasteiger partial charge in [0.25, 0.3) is 0 Å². The maximum absolute atomic E-state index is 9.10. The molecule has 0 bridgehead atoms. The molecule has 3 nitrogen and oxygen atoms in total. The molecule has 1 aromatic heterocycles. The Balaban J connectivity index is 2.02. The van der Waals surface area contributed by atoms with Crippen LogP contribution in [0.15, 0.2) is 47.2 Å². The van der Waals surface area contributed by atoms with E-state index in [1.807, 2.05) is 42.7 Å². The normalized spacial score (nSPS) is 10.5. The minimum Gasteiger partial charge on any atom is -0.392 e. The number of hydrogen-bond donors (Lipinski definition) is 1. The van der Waals surface area contributed by atoms with E-state index in [1.165, 1.54) is 5.56 Å². The van der Waals surface area contributed by atoms with Gasteiger partial charge in [-0.3, -0.25) is 4.98 Å². The van der Waals surface area contributed by atoms with Crippen molar-refractivity contribution in [1.29, 1.82) is 0 Å². The molecule has 2 aromatic rings. The van der Waals surface area contributed by atoms with Crippen LogP contribution in [0.3, 0.4) is 0 Å². The van der Waals surface area contributed by atoms with Crippen molar-refractivity contribution in [2.45, 2.75) is 13.0 Å². The maximum Gasteiger partial charge on any atom is 0.0682 e.